The van der Waals surface area contributed by atoms with Crippen LogP contribution in [0, 0.1) is 6.92 Å². The van der Waals surface area contributed by atoms with Crippen LogP contribution in [0.5, 0.6) is 5.75 Å². The zero-order valence-corrected chi connectivity index (χ0v) is 16.6. The van der Waals surface area contributed by atoms with Gasteiger partial charge in [0.1, 0.15) is 17.1 Å². The van der Waals surface area contributed by atoms with Crippen LogP contribution in [-0.4, -0.2) is 12.9 Å². The van der Waals surface area contributed by atoms with Gasteiger partial charge >= 0.3 is 0 Å². The molecule has 1 aromatic heterocycles. The summed E-state index contributed by atoms with van der Waals surface area (Å²) in [6.07, 6.45) is 0. The van der Waals surface area contributed by atoms with Gasteiger partial charge < -0.3 is 9.15 Å². The maximum atomic E-state index is 11.7. The van der Waals surface area contributed by atoms with Crippen LogP contribution in [0.2, 0.25) is 0 Å². The number of ketones is 1. The van der Waals surface area contributed by atoms with Gasteiger partial charge in [0, 0.05) is 22.6 Å². The summed E-state index contributed by atoms with van der Waals surface area (Å²) in [5, 5.41) is 1.72. The number of rotatable bonds is 4. The smallest absolute Gasteiger partial charge is 0.159 e. The second-order valence-corrected chi connectivity index (χ2v) is 6.94. The van der Waals surface area contributed by atoms with Gasteiger partial charge in [0.15, 0.2) is 5.78 Å². The average molecular weight is 383 g/mol. The molecule has 0 aliphatic heterocycles. The van der Waals surface area contributed by atoms with Gasteiger partial charge in [-0.3, -0.25) is 4.79 Å². The van der Waals surface area contributed by atoms with Crippen LogP contribution in [0.15, 0.2) is 82.2 Å². The van der Waals surface area contributed by atoms with Crippen molar-refractivity contribution >= 4 is 22.4 Å². The molecule has 4 heteroatoms. The number of carbonyl (C=O) groups excluding carboxylic acids is 1. The van der Waals surface area contributed by atoms with Gasteiger partial charge in [-0.05, 0) is 62.4 Å². The summed E-state index contributed by atoms with van der Waals surface area (Å²) in [5.41, 5.74) is 4.18. The second kappa shape index (κ2) is 7.76. The van der Waals surface area contributed by atoms with Gasteiger partial charge in [0.05, 0.1) is 18.2 Å². The summed E-state index contributed by atoms with van der Waals surface area (Å²) in [6, 6.07) is 23.0. The number of Topliss-reactive ketones (excluding diaryl/α,β-unsaturated/α-hetero) is 1. The van der Waals surface area contributed by atoms with Crippen molar-refractivity contribution in [3.05, 3.63) is 89.3 Å². The fraction of sp³-hybridized carbons (Fsp3) is 0.120. The van der Waals surface area contributed by atoms with Gasteiger partial charge in [0.2, 0.25) is 0 Å². The SMILES string of the molecule is COc1ccc(-c2cc(=Nc3cccc(C(C)=O)c3)c3cc(C)ccc3o2)cc1. The van der Waals surface area contributed by atoms with E-state index in [-0.39, 0.29) is 5.78 Å². The number of nitrogens with zero attached hydrogens (tertiary/aromatic N) is 1. The van der Waals surface area contributed by atoms with E-state index in [9.17, 15) is 4.79 Å². The Morgan fingerprint density at radius 3 is 2.48 bits per heavy atom. The first-order chi connectivity index (χ1) is 14.0. The Hall–Kier alpha value is -3.66. The normalized spacial score (nSPS) is 11.6. The fourth-order valence-electron chi connectivity index (χ4n) is 3.21. The maximum absolute atomic E-state index is 11.7. The average Bonchev–Trinajstić information content (AvgIpc) is 2.74. The number of hydrogen-bond acceptors (Lipinski definition) is 4. The zero-order valence-electron chi connectivity index (χ0n) is 16.6. The second-order valence-electron chi connectivity index (χ2n) is 6.94. The quantitative estimate of drug-likeness (QED) is 0.415. The number of ether oxygens (including phenoxy) is 1. The Morgan fingerprint density at radius 2 is 1.76 bits per heavy atom. The van der Waals surface area contributed by atoms with Gasteiger partial charge in [-0.15, -0.1) is 0 Å². The molecule has 0 bridgehead atoms. The minimum Gasteiger partial charge on any atom is -0.497 e. The summed E-state index contributed by atoms with van der Waals surface area (Å²) >= 11 is 0. The van der Waals surface area contributed by atoms with E-state index in [0.717, 1.165) is 38.9 Å². The summed E-state index contributed by atoms with van der Waals surface area (Å²) in [6.45, 7) is 3.60. The highest BCUT2D eigenvalue weighted by atomic mass is 16.5. The Labute approximate surface area is 169 Å². The highest BCUT2D eigenvalue weighted by molar-refractivity contribution is 5.94. The lowest BCUT2D eigenvalue weighted by molar-refractivity contribution is 0.101. The first-order valence-corrected chi connectivity index (χ1v) is 9.38. The summed E-state index contributed by atoms with van der Waals surface area (Å²) in [4.78, 5) is 16.6. The molecule has 0 spiro atoms. The molecule has 0 unspecified atom stereocenters. The van der Waals surface area contributed by atoms with Crippen LogP contribution in [-0.2, 0) is 0 Å². The maximum Gasteiger partial charge on any atom is 0.159 e. The molecule has 4 aromatic rings. The Bertz CT molecular complexity index is 1270. The van der Waals surface area contributed by atoms with E-state index >= 15 is 0 Å². The Kier molecular flexibility index (Phi) is 5.00. The third-order valence-electron chi connectivity index (χ3n) is 4.78. The molecular formula is C25H21NO3. The topological polar surface area (TPSA) is 51.8 Å². The van der Waals surface area contributed by atoms with Crippen LogP contribution < -0.4 is 10.1 Å². The third-order valence-corrected chi connectivity index (χ3v) is 4.78. The minimum atomic E-state index is 0.0183. The number of methoxy groups -OCH3 is 1. The molecule has 144 valence electrons. The van der Waals surface area contributed by atoms with E-state index in [0.29, 0.717) is 11.3 Å². The molecule has 0 atom stereocenters. The third kappa shape index (κ3) is 3.97. The molecule has 0 aliphatic rings. The molecule has 29 heavy (non-hydrogen) atoms. The van der Waals surface area contributed by atoms with Crippen LogP contribution in [0.1, 0.15) is 22.8 Å². The minimum absolute atomic E-state index is 0.0183. The van der Waals surface area contributed by atoms with Crippen LogP contribution in [0.25, 0.3) is 22.3 Å². The first kappa shape index (κ1) is 18.7. The van der Waals surface area contributed by atoms with E-state index in [4.69, 9.17) is 14.1 Å². The number of carbonyl (C=O) groups is 1. The van der Waals surface area contributed by atoms with Gasteiger partial charge in [-0.25, -0.2) is 4.99 Å². The molecule has 0 N–H and O–H groups in total. The van der Waals surface area contributed by atoms with Gasteiger partial charge in [-0.2, -0.15) is 0 Å². The van der Waals surface area contributed by atoms with Crippen LogP contribution >= 0.6 is 0 Å². The molecule has 0 amide bonds. The number of fused-ring (bicyclic) bond motifs is 1. The largest absolute Gasteiger partial charge is 0.497 e. The molecule has 0 saturated heterocycles. The van der Waals surface area contributed by atoms with E-state index in [1.54, 1.807) is 26.2 Å². The predicted molar refractivity (Wildman–Crippen MR) is 115 cm³/mol. The monoisotopic (exact) mass is 383 g/mol. The summed E-state index contributed by atoms with van der Waals surface area (Å²) < 4.78 is 11.4. The number of benzene rings is 3. The first-order valence-electron chi connectivity index (χ1n) is 9.38. The summed E-state index contributed by atoms with van der Waals surface area (Å²) in [5.74, 6) is 1.52. The lowest BCUT2D eigenvalue weighted by Crippen LogP contribution is -2.03. The molecule has 4 nitrogen and oxygen atoms in total. The van der Waals surface area contributed by atoms with E-state index in [1.165, 1.54) is 0 Å². The van der Waals surface area contributed by atoms with Crippen molar-refractivity contribution in [3.63, 3.8) is 0 Å². The fourth-order valence-corrected chi connectivity index (χ4v) is 3.21. The van der Waals surface area contributed by atoms with Crippen molar-refractivity contribution in [3.8, 4) is 17.1 Å². The molecule has 1 heterocycles. The highest BCUT2D eigenvalue weighted by Crippen LogP contribution is 2.25. The van der Waals surface area contributed by atoms with E-state index < -0.39 is 0 Å². The Morgan fingerprint density at radius 1 is 0.966 bits per heavy atom. The molecule has 0 radical (unpaired) electrons. The van der Waals surface area contributed by atoms with Crippen molar-refractivity contribution in [1.29, 1.82) is 0 Å². The molecule has 0 aliphatic carbocycles. The van der Waals surface area contributed by atoms with Crippen molar-refractivity contribution < 1.29 is 13.9 Å². The van der Waals surface area contributed by atoms with Crippen LogP contribution in [0.3, 0.4) is 0 Å². The number of hydrogen-bond donors (Lipinski definition) is 0. The van der Waals surface area contributed by atoms with Gasteiger partial charge in [0.25, 0.3) is 0 Å². The molecule has 3 aromatic carbocycles. The van der Waals surface area contributed by atoms with Crippen molar-refractivity contribution in [1.82, 2.24) is 0 Å². The predicted octanol–water partition coefficient (Wildman–Crippen LogP) is 5.85. The lowest BCUT2D eigenvalue weighted by Gasteiger charge is -2.07. The molecule has 0 fully saturated rings. The van der Waals surface area contributed by atoms with Crippen molar-refractivity contribution in [2.24, 2.45) is 4.99 Å². The molecule has 4 rings (SSSR count). The van der Waals surface area contributed by atoms with E-state index in [2.05, 4.69) is 6.07 Å². The molecular weight excluding hydrogens is 362 g/mol. The standard InChI is InChI=1S/C25H21NO3/c1-16-7-12-24-22(13-16)23(26-20-6-4-5-19(14-20)17(2)27)15-25(29-24)18-8-10-21(28-3)11-9-18/h4-15H,1-3H3. The Balaban J connectivity index is 1.94. The molecule has 0 saturated carbocycles. The van der Waals surface area contributed by atoms with Crippen molar-refractivity contribution in [2.75, 3.05) is 7.11 Å². The van der Waals surface area contributed by atoms with E-state index in [1.807, 2.05) is 61.5 Å². The zero-order chi connectivity index (χ0) is 20.4. The number of aryl methyl sites for hydroxylation is 1. The highest BCUT2D eigenvalue weighted by Gasteiger charge is 2.08. The van der Waals surface area contributed by atoms with Crippen LogP contribution in [0.4, 0.5) is 5.69 Å². The van der Waals surface area contributed by atoms with Gasteiger partial charge in [-0.1, -0.05) is 23.8 Å². The van der Waals surface area contributed by atoms with Crippen molar-refractivity contribution in [2.45, 2.75) is 13.8 Å². The lowest BCUT2D eigenvalue weighted by atomic mass is 10.1. The summed E-state index contributed by atoms with van der Waals surface area (Å²) in [7, 11) is 1.64.